The normalized spacial score (nSPS) is 33.2. The molecule has 10 heavy (non-hydrogen) atoms. The minimum Gasteiger partial charge on any atom is -0.316 e. The molecule has 0 amide bonds. The van der Waals surface area contributed by atoms with Gasteiger partial charge in [0.2, 0.25) is 0 Å². The molecule has 0 spiro atoms. The molecule has 1 N–H and O–H groups in total. The minimum absolute atomic E-state index is 0.263. The summed E-state index contributed by atoms with van der Waals surface area (Å²) in [5.41, 5.74) is 0. The molecule has 0 radical (unpaired) electrons. The Hall–Kier alpha value is -0.550. The van der Waals surface area contributed by atoms with Crippen molar-refractivity contribution >= 4 is 0 Å². The number of hydrogen-bond acceptors (Lipinski definition) is 2. The van der Waals surface area contributed by atoms with E-state index in [0.29, 0.717) is 6.04 Å². The quantitative estimate of drug-likeness (QED) is 0.592. The molecule has 0 aromatic carbocycles. The molecular weight excluding hydrogens is 124 g/mol. The molecule has 0 bridgehead atoms. The topological polar surface area (TPSA) is 35.8 Å². The predicted molar refractivity (Wildman–Crippen MR) is 40.4 cm³/mol. The Bertz CT molecular complexity index is 137. The summed E-state index contributed by atoms with van der Waals surface area (Å²) < 4.78 is 0. The molecular formula is C8H14N2. The van der Waals surface area contributed by atoms with Crippen LogP contribution in [-0.2, 0) is 0 Å². The third-order valence-electron chi connectivity index (χ3n) is 2.30. The van der Waals surface area contributed by atoms with Crippen LogP contribution in [0.5, 0.6) is 0 Å². The molecule has 1 aliphatic carbocycles. The van der Waals surface area contributed by atoms with Crippen LogP contribution in [0.15, 0.2) is 0 Å². The summed E-state index contributed by atoms with van der Waals surface area (Å²) in [5.74, 6) is 0.263. The van der Waals surface area contributed by atoms with E-state index in [-0.39, 0.29) is 5.92 Å². The highest BCUT2D eigenvalue weighted by atomic mass is 14.9. The van der Waals surface area contributed by atoms with Gasteiger partial charge in [-0.2, -0.15) is 5.26 Å². The third-order valence-corrected chi connectivity index (χ3v) is 2.30. The molecule has 0 aromatic rings. The molecule has 1 fully saturated rings. The van der Waals surface area contributed by atoms with Crippen LogP contribution in [0.25, 0.3) is 0 Å². The highest BCUT2D eigenvalue weighted by molar-refractivity contribution is 4.93. The van der Waals surface area contributed by atoms with E-state index in [4.69, 9.17) is 5.26 Å². The molecule has 2 heteroatoms. The fraction of sp³-hybridized carbons (Fsp3) is 0.875. The summed E-state index contributed by atoms with van der Waals surface area (Å²) in [6.07, 6.45) is 4.77. The summed E-state index contributed by atoms with van der Waals surface area (Å²) in [6, 6.07) is 2.80. The maximum absolute atomic E-state index is 8.70. The van der Waals surface area contributed by atoms with Crippen molar-refractivity contribution in [2.75, 3.05) is 7.05 Å². The Morgan fingerprint density at radius 3 is 2.60 bits per heavy atom. The van der Waals surface area contributed by atoms with E-state index in [9.17, 15) is 0 Å². The predicted octanol–water partition coefficient (Wildman–Crippen LogP) is 1.29. The van der Waals surface area contributed by atoms with Crippen LogP contribution in [0, 0.1) is 17.2 Å². The van der Waals surface area contributed by atoms with Gasteiger partial charge in [0.05, 0.1) is 12.0 Å². The molecule has 1 saturated carbocycles. The molecule has 1 rings (SSSR count). The lowest BCUT2D eigenvalue weighted by molar-refractivity contribution is 0.328. The van der Waals surface area contributed by atoms with Crippen LogP contribution < -0.4 is 5.32 Å². The van der Waals surface area contributed by atoms with Gasteiger partial charge in [0.1, 0.15) is 0 Å². The molecule has 1 aliphatic rings. The summed E-state index contributed by atoms with van der Waals surface area (Å²) in [5, 5.41) is 11.9. The Morgan fingerprint density at radius 2 is 2.10 bits per heavy atom. The van der Waals surface area contributed by atoms with Crippen molar-refractivity contribution in [3.63, 3.8) is 0 Å². The average Bonchev–Trinajstić information content (AvgIpc) is 2.04. The van der Waals surface area contributed by atoms with Gasteiger partial charge in [0.25, 0.3) is 0 Å². The summed E-state index contributed by atoms with van der Waals surface area (Å²) in [4.78, 5) is 0. The Kier molecular flexibility index (Phi) is 2.70. The molecule has 0 unspecified atom stereocenters. The molecule has 2 nitrogen and oxygen atoms in total. The molecule has 0 heterocycles. The van der Waals surface area contributed by atoms with Gasteiger partial charge < -0.3 is 5.32 Å². The number of nitriles is 1. The standard InChI is InChI=1S/C8H14N2/c1-10-8-5-3-2-4-7(8)6-9/h7-8,10H,2-5H2,1H3/t7-,8+/m1/s1. The molecule has 0 saturated heterocycles. The van der Waals surface area contributed by atoms with Crippen LogP contribution in [0.1, 0.15) is 25.7 Å². The van der Waals surface area contributed by atoms with E-state index in [1.54, 1.807) is 0 Å². The molecule has 56 valence electrons. The van der Waals surface area contributed by atoms with E-state index in [1.165, 1.54) is 19.3 Å². The fourth-order valence-corrected chi connectivity index (χ4v) is 1.63. The van der Waals surface area contributed by atoms with Crippen molar-refractivity contribution in [1.82, 2.24) is 5.32 Å². The Balaban J connectivity index is 2.44. The van der Waals surface area contributed by atoms with Crippen LogP contribution >= 0.6 is 0 Å². The first-order chi connectivity index (χ1) is 4.88. The van der Waals surface area contributed by atoms with Gasteiger partial charge >= 0.3 is 0 Å². The van der Waals surface area contributed by atoms with E-state index < -0.39 is 0 Å². The summed E-state index contributed by atoms with van der Waals surface area (Å²) >= 11 is 0. The van der Waals surface area contributed by atoms with Crippen LogP contribution in [0.3, 0.4) is 0 Å². The lowest BCUT2D eigenvalue weighted by Gasteiger charge is -2.25. The van der Waals surface area contributed by atoms with Gasteiger partial charge in [0, 0.05) is 6.04 Å². The van der Waals surface area contributed by atoms with E-state index >= 15 is 0 Å². The molecule has 0 aliphatic heterocycles. The number of hydrogen-bond donors (Lipinski definition) is 1. The van der Waals surface area contributed by atoms with Crippen LogP contribution in [0.4, 0.5) is 0 Å². The summed E-state index contributed by atoms with van der Waals surface area (Å²) in [7, 11) is 1.94. The van der Waals surface area contributed by atoms with E-state index in [1.807, 2.05) is 7.05 Å². The second-order valence-corrected chi connectivity index (χ2v) is 2.92. The van der Waals surface area contributed by atoms with Gasteiger partial charge in [-0.05, 0) is 19.9 Å². The van der Waals surface area contributed by atoms with Gasteiger partial charge in [0.15, 0.2) is 0 Å². The largest absolute Gasteiger partial charge is 0.316 e. The molecule has 2 atom stereocenters. The van der Waals surface area contributed by atoms with Crippen molar-refractivity contribution in [3.05, 3.63) is 0 Å². The smallest absolute Gasteiger partial charge is 0.0672 e. The first-order valence-corrected chi connectivity index (χ1v) is 3.95. The molecule has 0 aromatic heterocycles. The average molecular weight is 138 g/mol. The highest BCUT2D eigenvalue weighted by Crippen LogP contribution is 2.22. The minimum atomic E-state index is 0.263. The van der Waals surface area contributed by atoms with E-state index in [0.717, 1.165) is 6.42 Å². The Labute approximate surface area is 62.2 Å². The first-order valence-electron chi connectivity index (χ1n) is 3.95. The van der Waals surface area contributed by atoms with Crippen molar-refractivity contribution in [1.29, 1.82) is 5.26 Å². The lowest BCUT2D eigenvalue weighted by Crippen LogP contribution is -2.35. The van der Waals surface area contributed by atoms with Crippen molar-refractivity contribution in [2.45, 2.75) is 31.7 Å². The second-order valence-electron chi connectivity index (χ2n) is 2.92. The number of rotatable bonds is 1. The zero-order chi connectivity index (χ0) is 7.40. The van der Waals surface area contributed by atoms with Crippen molar-refractivity contribution in [3.8, 4) is 6.07 Å². The van der Waals surface area contributed by atoms with Gasteiger partial charge in [-0.25, -0.2) is 0 Å². The maximum atomic E-state index is 8.70. The van der Waals surface area contributed by atoms with Crippen LogP contribution in [0.2, 0.25) is 0 Å². The highest BCUT2D eigenvalue weighted by Gasteiger charge is 2.22. The van der Waals surface area contributed by atoms with Gasteiger partial charge in [-0.3, -0.25) is 0 Å². The number of nitrogens with zero attached hydrogens (tertiary/aromatic N) is 1. The zero-order valence-corrected chi connectivity index (χ0v) is 6.43. The van der Waals surface area contributed by atoms with Crippen molar-refractivity contribution < 1.29 is 0 Å². The van der Waals surface area contributed by atoms with Crippen molar-refractivity contribution in [2.24, 2.45) is 5.92 Å². The second kappa shape index (κ2) is 3.58. The maximum Gasteiger partial charge on any atom is 0.0672 e. The van der Waals surface area contributed by atoms with Gasteiger partial charge in [-0.15, -0.1) is 0 Å². The SMILES string of the molecule is CN[C@H]1CCCC[C@@H]1C#N. The monoisotopic (exact) mass is 138 g/mol. The van der Waals surface area contributed by atoms with E-state index in [2.05, 4.69) is 11.4 Å². The lowest BCUT2D eigenvalue weighted by atomic mass is 9.86. The first kappa shape index (κ1) is 7.56. The third kappa shape index (κ3) is 1.48. The number of nitrogens with one attached hydrogen (secondary N) is 1. The fourth-order valence-electron chi connectivity index (χ4n) is 1.63. The summed E-state index contributed by atoms with van der Waals surface area (Å²) in [6.45, 7) is 0. The van der Waals surface area contributed by atoms with Gasteiger partial charge in [-0.1, -0.05) is 12.8 Å². The Morgan fingerprint density at radius 1 is 1.40 bits per heavy atom. The van der Waals surface area contributed by atoms with Crippen LogP contribution in [-0.4, -0.2) is 13.1 Å². The zero-order valence-electron chi connectivity index (χ0n) is 6.43.